The third kappa shape index (κ3) is 4.93. The van der Waals surface area contributed by atoms with Crippen molar-refractivity contribution in [2.24, 2.45) is 0 Å². The second kappa shape index (κ2) is 8.00. The first-order valence-electron chi connectivity index (χ1n) is 7.61. The average Bonchev–Trinajstić information content (AvgIpc) is 2.52. The van der Waals surface area contributed by atoms with Crippen LogP contribution in [0.25, 0.3) is 0 Å². The van der Waals surface area contributed by atoms with Gasteiger partial charge >= 0.3 is 0 Å². The van der Waals surface area contributed by atoms with E-state index in [-0.39, 0.29) is 5.91 Å². The molecule has 0 bridgehead atoms. The van der Waals surface area contributed by atoms with Gasteiger partial charge in [-0.1, -0.05) is 6.42 Å². The van der Waals surface area contributed by atoms with Crippen LogP contribution in [0, 0.1) is 0 Å². The maximum Gasteiger partial charge on any atom is 0.223 e. The van der Waals surface area contributed by atoms with Gasteiger partial charge in [-0.05, 0) is 50.0 Å². The van der Waals surface area contributed by atoms with Gasteiger partial charge in [0.2, 0.25) is 5.91 Å². The number of likely N-dealkylation sites (tertiary alicyclic amines) is 1. The minimum absolute atomic E-state index is 0.254. The van der Waals surface area contributed by atoms with Gasteiger partial charge < -0.3 is 9.80 Å². The SMILES string of the molecule is CN(CCc1ccncc1)C(=O)CCN1CCCCC1. The van der Waals surface area contributed by atoms with E-state index in [4.69, 9.17) is 0 Å². The van der Waals surface area contributed by atoms with Crippen molar-refractivity contribution in [1.82, 2.24) is 14.8 Å². The van der Waals surface area contributed by atoms with E-state index in [0.717, 1.165) is 32.6 Å². The summed E-state index contributed by atoms with van der Waals surface area (Å²) < 4.78 is 0. The Bertz CT molecular complexity index is 401. The Balaban J connectivity index is 1.66. The predicted octanol–water partition coefficient (Wildman–Crippen LogP) is 1.96. The van der Waals surface area contributed by atoms with Gasteiger partial charge in [0.15, 0.2) is 0 Å². The summed E-state index contributed by atoms with van der Waals surface area (Å²) in [5.41, 5.74) is 1.23. The molecule has 0 spiro atoms. The summed E-state index contributed by atoms with van der Waals surface area (Å²) in [6.07, 6.45) is 9.05. The molecule has 1 saturated heterocycles. The van der Waals surface area contributed by atoms with E-state index in [1.54, 1.807) is 12.4 Å². The number of aromatic nitrogens is 1. The number of carbonyl (C=O) groups excluding carboxylic acids is 1. The standard InChI is InChI=1S/C16H25N3O/c1-18(13-7-15-5-9-17-10-6-15)16(20)8-14-19-11-3-2-4-12-19/h5-6,9-10H,2-4,7-8,11-14H2,1H3. The molecule has 0 radical (unpaired) electrons. The Hall–Kier alpha value is -1.42. The maximum absolute atomic E-state index is 12.1. The first kappa shape index (κ1) is 15.0. The van der Waals surface area contributed by atoms with Crippen molar-refractivity contribution in [3.8, 4) is 0 Å². The third-order valence-corrected chi connectivity index (χ3v) is 4.00. The monoisotopic (exact) mass is 275 g/mol. The Morgan fingerprint density at radius 1 is 1.25 bits per heavy atom. The highest BCUT2D eigenvalue weighted by atomic mass is 16.2. The van der Waals surface area contributed by atoms with Crippen LogP contribution in [0.4, 0.5) is 0 Å². The molecule has 1 aliphatic heterocycles. The molecule has 1 aromatic heterocycles. The second-order valence-electron chi connectivity index (χ2n) is 5.57. The molecule has 0 aliphatic carbocycles. The minimum Gasteiger partial charge on any atom is -0.345 e. The van der Waals surface area contributed by atoms with Crippen LogP contribution in [0.2, 0.25) is 0 Å². The Kier molecular flexibility index (Phi) is 5.99. The lowest BCUT2D eigenvalue weighted by atomic mass is 10.1. The van der Waals surface area contributed by atoms with Crippen molar-refractivity contribution in [2.45, 2.75) is 32.1 Å². The van der Waals surface area contributed by atoms with Gasteiger partial charge in [0.05, 0.1) is 0 Å². The molecule has 4 heteroatoms. The molecule has 4 nitrogen and oxygen atoms in total. The van der Waals surface area contributed by atoms with E-state index in [0.29, 0.717) is 6.42 Å². The van der Waals surface area contributed by atoms with E-state index in [2.05, 4.69) is 9.88 Å². The van der Waals surface area contributed by atoms with Crippen molar-refractivity contribution < 1.29 is 4.79 Å². The fourth-order valence-electron chi connectivity index (χ4n) is 2.60. The number of carbonyl (C=O) groups is 1. The van der Waals surface area contributed by atoms with Gasteiger partial charge in [0.1, 0.15) is 0 Å². The fraction of sp³-hybridized carbons (Fsp3) is 0.625. The van der Waals surface area contributed by atoms with Crippen molar-refractivity contribution in [3.63, 3.8) is 0 Å². The van der Waals surface area contributed by atoms with Crippen LogP contribution in [0.5, 0.6) is 0 Å². The van der Waals surface area contributed by atoms with Gasteiger partial charge in [0, 0.05) is 39.0 Å². The third-order valence-electron chi connectivity index (χ3n) is 4.00. The summed E-state index contributed by atoms with van der Waals surface area (Å²) in [5.74, 6) is 0.254. The summed E-state index contributed by atoms with van der Waals surface area (Å²) >= 11 is 0. The van der Waals surface area contributed by atoms with Crippen LogP contribution in [0.1, 0.15) is 31.2 Å². The molecule has 0 N–H and O–H groups in total. The zero-order valence-corrected chi connectivity index (χ0v) is 12.4. The van der Waals surface area contributed by atoms with Crippen LogP contribution in [-0.4, -0.2) is 53.9 Å². The number of amides is 1. The van der Waals surface area contributed by atoms with E-state index in [1.807, 2.05) is 24.1 Å². The lowest BCUT2D eigenvalue weighted by Gasteiger charge is -2.27. The first-order valence-corrected chi connectivity index (χ1v) is 7.61. The number of rotatable bonds is 6. The Morgan fingerprint density at radius 2 is 1.95 bits per heavy atom. The topological polar surface area (TPSA) is 36.4 Å². The van der Waals surface area contributed by atoms with E-state index in [1.165, 1.54) is 24.8 Å². The molecular formula is C16H25N3O. The molecule has 0 saturated carbocycles. The molecular weight excluding hydrogens is 250 g/mol. The maximum atomic E-state index is 12.1. The molecule has 2 heterocycles. The quantitative estimate of drug-likeness (QED) is 0.796. The molecule has 1 fully saturated rings. The number of hydrogen-bond donors (Lipinski definition) is 0. The number of hydrogen-bond acceptors (Lipinski definition) is 3. The molecule has 0 unspecified atom stereocenters. The molecule has 1 aromatic rings. The number of piperidine rings is 1. The Morgan fingerprint density at radius 3 is 2.65 bits per heavy atom. The number of likely N-dealkylation sites (N-methyl/N-ethyl adjacent to an activating group) is 1. The van der Waals surface area contributed by atoms with E-state index in [9.17, 15) is 4.79 Å². The van der Waals surface area contributed by atoms with Gasteiger partial charge in [0.25, 0.3) is 0 Å². The predicted molar refractivity (Wildman–Crippen MR) is 80.5 cm³/mol. The molecule has 1 amide bonds. The zero-order chi connectivity index (χ0) is 14.2. The zero-order valence-electron chi connectivity index (χ0n) is 12.4. The summed E-state index contributed by atoms with van der Waals surface area (Å²) in [4.78, 5) is 20.4. The Labute approximate surface area is 121 Å². The largest absolute Gasteiger partial charge is 0.345 e. The van der Waals surface area contributed by atoms with Gasteiger partial charge in [-0.15, -0.1) is 0 Å². The van der Waals surface area contributed by atoms with Crippen molar-refractivity contribution in [3.05, 3.63) is 30.1 Å². The average molecular weight is 275 g/mol. The smallest absolute Gasteiger partial charge is 0.223 e. The van der Waals surface area contributed by atoms with Crippen LogP contribution in [0.3, 0.4) is 0 Å². The molecule has 1 aliphatic rings. The van der Waals surface area contributed by atoms with Crippen molar-refractivity contribution >= 4 is 5.91 Å². The molecule has 20 heavy (non-hydrogen) atoms. The van der Waals surface area contributed by atoms with Crippen LogP contribution >= 0.6 is 0 Å². The van der Waals surface area contributed by atoms with E-state index >= 15 is 0 Å². The first-order chi connectivity index (χ1) is 9.75. The highest BCUT2D eigenvalue weighted by Gasteiger charge is 2.13. The van der Waals surface area contributed by atoms with Gasteiger partial charge in [-0.2, -0.15) is 0 Å². The van der Waals surface area contributed by atoms with Crippen molar-refractivity contribution in [2.75, 3.05) is 33.2 Å². The van der Waals surface area contributed by atoms with Crippen LogP contribution < -0.4 is 0 Å². The molecule has 0 atom stereocenters. The molecule has 110 valence electrons. The summed E-state index contributed by atoms with van der Waals surface area (Å²) in [5, 5.41) is 0. The molecule has 0 aromatic carbocycles. The highest BCUT2D eigenvalue weighted by Crippen LogP contribution is 2.09. The minimum atomic E-state index is 0.254. The summed E-state index contributed by atoms with van der Waals surface area (Å²) in [6.45, 7) is 4.02. The fourth-order valence-corrected chi connectivity index (χ4v) is 2.60. The van der Waals surface area contributed by atoms with E-state index < -0.39 is 0 Å². The lowest BCUT2D eigenvalue weighted by Crippen LogP contribution is -2.35. The highest BCUT2D eigenvalue weighted by molar-refractivity contribution is 5.76. The lowest BCUT2D eigenvalue weighted by molar-refractivity contribution is -0.130. The second-order valence-corrected chi connectivity index (χ2v) is 5.57. The van der Waals surface area contributed by atoms with Crippen LogP contribution in [-0.2, 0) is 11.2 Å². The summed E-state index contributed by atoms with van der Waals surface area (Å²) in [6, 6.07) is 4.01. The number of nitrogens with zero attached hydrogens (tertiary/aromatic N) is 3. The van der Waals surface area contributed by atoms with Crippen LogP contribution in [0.15, 0.2) is 24.5 Å². The van der Waals surface area contributed by atoms with Gasteiger partial charge in [-0.3, -0.25) is 9.78 Å². The number of pyridine rings is 1. The molecule has 2 rings (SSSR count). The summed E-state index contributed by atoms with van der Waals surface area (Å²) in [7, 11) is 1.90. The normalized spacial score (nSPS) is 16.1. The van der Waals surface area contributed by atoms with Crippen molar-refractivity contribution in [1.29, 1.82) is 0 Å². The van der Waals surface area contributed by atoms with Gasteiger partial charge in [-0.25, -0.2) is 0 Å².